The normalized spacial score (nSPS) is 9.50. The SMILES string of the molecule is CC[n+]1ccccc1C(=O)OC. The fourth-order valence-corrected chi connectivity index (χ4v) is 1.04. The van der Waals surface area contributed by atoms with E-state index < -0.39 is 0 Å². The van der Waals surface area contributed by atoms with Crippen molar-refractivity contribution in [3.05, 3.63) is 30.1 Å². The molecule has 0 aliphatic carbocycles. The minimum Gasteiger partial charge on any atom is -0.461 e. The Labute approximate surface area is 71.6 Å². The molecule has 0 saturated carbocycles. The van der Waals surface area contributed by atoms with Crippen LogP contribution in [0.1, 0.15) is 17.4 Å². The highest BCUT2D eigenvalue weighted by Gasteiger charge is 2.16. The molecule has 1 rings (SSSR count). The molecule has 1 aromatic rings. The van der Waals surface area contributed by atoms with Crippen LogP contribution in [0.15, 0.2) is 24.4 Å². The topological polar surface area (TPSA) is 30.2 Å². The van der Waals surface area contributed by atoms with Gasteiger partial charge in [-0.25, -0.2) is 4.79 Å². The first kappa shape index (κ1) is 8.71. The number of pyridine rings is 1. The number of ether oxygens (including phenoxy) is 1. The molecular formula is C9H12NO2+. The van der Waals surface area contributed by atoms with Gasteiger partial charge in [0.1, 0.15) is 6.54 Å². The number of aromatic nitrogens is 1. The van der Waals surface area contributed by atoms with Gasteiger partial charge in [-0.05, 0) is 13.0 Å². The summed E-state index contributed by atoms with van der Waals surface area (Å²) in [6.07, 6.45) is 1.85. The average molecular weight is 166 g/mol. The Bertz CT molecular complexity index is 284. The summed E-state index contributed by atoms with van der Waals surface area (Å²) in [5.41, 5.74) is 0.586. The molecule has 0 saturated heterocycles. The van der Waals surface area contributed by atoms with Crippen LogP contribution in [0, 0.1) is 0 Å². The van der Waals surface area contributed by atoms with Crippen molar-refractivity contribution >= 4 is 5.97 Å². The number of methoxy groups -OCH3 is 1. The number of esters is 1. The van der Waals surface area contributed by atoms with E-state index in [1.165, 1.54) is 7.11 Å². The van der Waals surface area contributed by atoms with Crippen molar-refractivity contribution in [1.82, 2.24) is 0 Å². The summed E-state index contributed by atoms with van der Waals surface area (Å²) < 4.78 is 6.46. The van der Waals surface area contributed by atoms with Gasteiger partial charge in [0.05, 0.1) is 7.11 Å². The largest absolute Gasteiger partial charge is 0.461 e. The highest BCUT2D eigenvalue weighted by molar-refractivity contribution is 5.85. The van der Waals surface area contributed by atoms with E-state index in [0.717, 1.165) is 6.54 Å². The highest BCUT2D eigenvalue weighted by atomic mass is 16.5. The van der Waals surface area contributed by atoms with Gasteiger partial charge in [0.2, 0.25) is 0 Å². The minimum absolute atomic E-state index is 0.294. The molecule has 0 aromatic carbocycles. The summed E-state index contributed by atoms with van der Waals surface area (Å²) in [5, 5.41) is 0. The molecule has 0 fully saturated rings. The molecule has 1 heterocycles. The van der Waals surface area contributed by atoms with Crippen LogP contribution in [0.5, 0.6) is 0 Å². The lowest BCUT2D eigenvalue weighted by Crippen LogP contribution is -2.39. The van der Waals surface area contributed by atoms with E-state index in [9.17, 15) is 4.79 Å². The Morgan fingerprint density at radius 2 is 2.33 bits per heavy atom. The van der Waals surface area contributed by atoms with Crippen LogP contribution in [0.2, 0.25) is 0 Å². The van der Waals surface area contributed by atoms with Gasteiger partial charge in [-0.1, -0.05) is 0 Å². The van der Waals surface area contributed by atoms with Gasteiger partial charge in [-0.3, -0.25) is 0 Å². The summed E-state index contributed by atoms with van der Waals surface area (Å²) in [7, 11) is 1.38. The molecule has 12 heavy (non-hydrogen) atoms. The van der Waals surface area contributed by atoms with E-state index in [2.05, 4.69) is 4.74 Å². The van der Waals surface area contributed by atoms with E-state index in [-0.39, 0.29) is 5.97 Å². The Morgan fingerprint density at radius 1 is 1.58 bits per heavy atom. The smallest absolute Gasteiger partial charge is 0.403 e. The first-order valence-electron chi connectivity index (χ1n) is 3.86. The maximum absolute atomic E-state index is 11.2. The Morgan fingerprint density at radius 3 is 2.92 bits per heavy atom. The third-order valence-corrected chi connectivity index (χ3v) is 1.68. The minimum atomic E-state index is -0.294. The van der Waals surface area contributed by atoms with Crippen LogP contribution in [-0.2, 0) is 11.3 Å². The second-order valence-electron chi connectivity index (χ2n) is 2.36. The zero-order valence-electron chi connectivity index (χ0n) is 7.28. The molecule has 0 atom stereocenters. The van der Waals surface area contributed by atoms with Gasteiger partial charge in [-0.2, -0.15) is 4.57 Å². The van der Waals surface area contributed by atoms with E-state index in [1.54, 1.807) is 6.07 Å². The van der Waals surface area contributed by atoms with Gasteiger partial charge in [0, 0.05) is 12.1 Å². The molecule has 3 nitrogen and oxygen atoms in total. The molecule has 64 valence electrons. The molecule has 0 unspecified atom stereocenters. The number of carbonyl (C=O) groups is 1. The molecule has 0 bridgehead atoms. The number of nitrogens with zero attached hydrogens (tertiary/aromatic N) is 1. The molecule has 0 aliphatic heterocycles. The quantitative estimate of drug-likeness (QED) is 0.480. The molecule has 0 amide bonds. The first-order valence-corrected chi connectivity index (χ1v) is 3.86. The van der Waals surface area contributed by atoms with E-state index >= 15 is 0 Å². The molecule has 1 aromatic heterocycles. The fraction of sp³-hybridized carbons (Fsp3) is 0.333. The van der Waals surface area contributed by atoms with Gasteiger partial charge in [-0.15, -0.1) is 0 Å². The zero-order valence-corrected chi connectivity index (χ0v) is 7.28. The number of aryl methyl sites for hydroxylation is 1. The zero-order chi connectivity index (χ0) is 8.97. The lowest BCUT2D eigenvalue weighted by molar-refractivity contribution is -0.695. The standard InChI is InChI=1S/C9H12NO2/c1-3-10-7-5-4-6-8(10)9(11)12-2/h4-7H,3H2,1-2H3/q+1. The third-order valence-electron chi connectivity index (χ3n) is 1.68. The van der Waals surface area contributed by atoms with Gasteiger partial charge in [0.15, 0.2) is 6.20 Å². The number of carbonyl (C=O) groups excluding carboxylic acids is 1. The maximum Gasteiger partial charge on any atom is 0.403 e. The second-order valence-corrected chi connectivity index (χ2v) is 2.36. The molecule has 0 spiro atoms. The van der Waals surface area contributed by atoms with Crippen molar-refractivity contribution in [3.8, 4) is 0 Å². The predicted octanol–water partition coefficient (Wildman–Crippen LogP) is 0.781. The fourth-order valence-electron chi connectivity index (χ4n) is 1.04. The Hall–Kier alpha value is -1.38. The Balaban J connectivity index is 3.04. The van der Waals surface area contributed by atoms with Crippen LogP contribution in [0.25, 0.3) is 0 Å². The summed E-state index contributed by atoms with van der Waals surface area (Å²) in [6.45, 7) is 2.75. The van der Waals surface area contributed by atoms with Crippen LogP contribution >= 0.6 is 0 Å². The lowest BCUT2D eigenvalue weighted by Gasteiger charge is -1.98. The molecule has 0 aliphatic rings. The molecule has 0 N–H and O–H groups in total. The maximum atomic E-state index is 11.2. The number of hydrogen-bond donors (Lipinski definition) is 0. The second kappa shape index (κ2) is 3.85. The third kappa shape index (κ3) is 1.61. The predicted molar refractivity (Wildman–Crippen MR) is 43.7 cm³/mol. The van der Waals surface area contributed by atoms with Crippen molar-refractivity contribution in [1.29, 1.82) is 0 Å². The van der Waals surface area contributed by atoms with Crippen LogP contribution in [0.3, 0.4) is 0 Å². The van der Waals surface area contributed by atoms with Crippen molar-refractivity contribution < 1.29 is 14.1 Å². The van der Waals surface area contributed by atoms with Crippen molar-refractivity contribution in [3.63, 3.8) is 0 Å². The first-order chi connectivity index (χ1) is 5.79. The van der Waals surface area contributed by atoms with Crippen molar-refractivity contribution in [2.24, 2.45) is 0 Å². The molecule has 0 radical (unpaired) electrons. The molecule has 3 heteroatoms. The van der Waals surface area contributed by atoms with E-state index in [0.29, 0.717) is 5.69 Å². The van der Waals surface area contributed by atoms with Crippen LogP contribution in [-0.4, -0.2) is 13.1 Å². The highest BCUT2D eigenvalue weighted by Crippen LogP contribution is 1.93. The number of hydrogen-bond acceptors (Lipinski definition) is 2. The summed E-state index contributed by atoms with van der Waals surface area (Å²) >= 11 is 0. The van der Waals surface area contributed by atoms with Crippen LogP contribution in [0.4, 0.5) is 0 Å². The number of rotatable bonds is 2. The van der Waals surface area contributed by atoms with Crippen molar-refractivity contribution in [2.75, 3.05) is 7.11 Å². The van der Waals surface area contributed by atoms with E-state index in [1.807, 2.05) is 29.8 Å². The Kier molecular flexibility index (Phi) is 2.80. The molecular weight excluding hydrogens is 154 g/mol. The van der Waals surface area contributed by atoms with Gasteiger partial charge in [0.25, 0.3) is 5.69 Å². The summed E-state index contributed by atoms with van der Waals surface area (Å²) in [4.78, 5) is 11.2. The average Bonchev–Trinajstić information content (AvgIpc) is 2.16. The van der Waals surface area contributed by atoms with Gasteiger partial charge >= 0.3 is 5.97 Å². The monoisotopic (exact) mass is 166 g/mol. The summed E-state index contributed by atoms with van der Waals surface area (Å²) in [6, 6.07) is 5.45. The lowest BCUT2D eigenvalue weighted by atomic mass is 10.3. The van der Waals surface area contributed by atoms with Crippen molar-refractivity contribution in [2.45, 2.75) is 13.5 Å². The summed E-state index contributed by atoms with van der Waals surface area (Å²) in [5.74, 6) is -0.294. The van der Waals surface area contributed by atoms with Crippen LogP contribution < -0.4 is 4.57 Å². The van der Waals surface area contributed by atoms with E-state index in [4.69, 9.17) is 0 Å². The van der Waals surface area contributed by atoms with Gasteiger partial charge < -0.3 is 4.74 Å².